The first-order chi connectivity index (χ1) is 21.4. The normalized spacial score (nSPS) is 19.3. The van der Waals surface area contributed by atoms with Gasteiger partial charge in [0, 0.05) is 55.4 Å². The summed E-state index contributed by atoms with van der Waals surface area (Å²) >= 11 is 0. The fourth-order valence-electron chi connectivity index (χ4n) is 6.99. The van der Waals surface area contributed by atoms with Gasteiger partial charge in [-0.05, 0) is 63.2 Å². The molecular formula is C35H43N7O2. The summed E-state index contributed by atoms with van der Waals surface area (Å²) in [5.74, 6) is 0.747. The monoisotopic (exact) mass is 593 g/mol. The van der Waals surface area contributed by atoms with Crippen LogP contribution < -0.4 is 14.5 Å². The van der Waals surface area contributed by atoms with E-state index in [1.54, 1.807) is 4.90 Å². The Kier molecular flexibility index (Phi) is 8.72. The van der Waals surface area contributed by atoms with E-state index in [0.29, 0.717) is 38.2 Å². The van der Waals surface area contributed by atoms with Crippen molar-refractivity contribution < 1.29 is 9.53 Å². The third kappa shape index (κ3) is 5.96. The van der Waals surface area contributed by atoms with Crippen LogP contribution in [-0.4, -0.2) is 90.2 Å². The lowest BCUT2D eigenvalue weighted by Gasteiger charge is -2.41. The maximum Gasteiger partial charge on any atom is 0.318 e. The van der Waals surface area contributed by atoms with Gasteiger partial charge >= 0.3 is 6.01 Å². The van der Waals surface area contributed by atoms with E-state index in [0.717, 1.165) is 36.6 Å². The maximum absolute atomic E-state index is 12.6. The van der Waals surface area contributed by atoms with E-state index in [1.165, 1.54) is 47.4 Å². The number of aromatic nitrogens is 2. The standard InChI is InChI=1S/C35H43N7O2/c1-6-32(43)42-19-18-41(22-28(42)20-36-4)34-29-16-17-40(31-15-8-12-26-11-7-10-24(2)33(26)31)23-30(29)37-35(38-34)44-25(3)21-39(5)27-13-9-14-27/h6-8,10-12,15,25,27-28H,1,9,13-14,16-23H2,2-3,5H3/t25-,28?/m1/s1. The number of carbonyl (C=O) groups excluding carboxylic acids is 1. The van der Waals surface area contributed by atoms with Crippen molar-refractivity contribution in [3.8, 4) is 6.01 Å². The lowest BCUT2D eigenvalue weighted by Crippen LogP contribution is -2.56. The van der Waals surface area contributed by atoms with E-state index in [9.17, 15) is 4.79 Å². The average Bonchev–Trinajstić information content (AvgIpc) is 2.99. The van der Waals surface area contributed by atoms with E-state index >= 15 is 0 Å². The minimum absolute atomic E-state index is 0.0659. The van der Waals surface area contributed by atoms with Gasteiger partial charge in [0.25, 0.3) is 0 Å². The lowest BCUT2D eigenvalue weighted by atomic mass is 9.92. The number of anilines is 2. The second-order valence-electron chi connectivity index (χ2n) is 12.5. The molecule has 2 aromatic carbocycles. The van der Waals surface area contributed by atoms with Gasteiger partial charge in [0.2, 0.25) is 12.5 Å². The van der Waals surface area contributed by atoms with Crippen LogP contribution in [0.2, 0.25) is 0 Å². The quantitative estimate of drug-likeness (QED) is 0.259. The summed E-state index contributed by atoms with van der Waals surface area (Å²) < 4.78 is 6.45. The molecule has 2 atom stereocenters. The van der Waals surface area contributed by atoms with Crippen molar-refractivity contribution in [1.29, 1.82) is 0 Å². The summed E-state index contributed by atoms with van der Waals surface area (Å²) in [6.45, 7) is 19.7. The number of amides is 1. The molecule has 9 heteroatoms. The van der Waals surface area contributed by atoms with Gasteiger partial charge in [-0.3, -0.25) is 9.69 Å². The number of hydrogen-bond donors (Lipinski definition) is 0. The van der Waals surface area contributed by atoms with Gasteiger partial charge in [-0.15, -0.1) is 0 Å². The van der Waals surface area contributed by atoms with Crippen LogP contribution >= 0.6 is 0 Å². The molecule has 0 spiro atoms. The van der Waals surface area contributed by atoms with Crippen LogP contribution in [0.5, 0.6) is 6.01 Å². The Morgan fingerprint density at radius 1 is 1.18 bits per heavy atom. The highest BCUT2D eigenvalue weighted by atomic mass is 16.5. The van der Waals surface area contributed by atoms with Gasteiger partial charge in [-0.25, -0.2) is 6.57 Å². The molecule has 230 valence electrons. The summed E-state index contributed by atoms with van der Waals surface area (Å²) in [7, 11) is 2.17. The van der Waals surface area contributed by atoms with Gasteiger partial charge in [0.15, 0.2) is 0 Å². The Hall–Kier alpha value is -4.16. The molecule has 2 fully saturated rings. The number of rotatable bonds is 9. The average molecular weight is 594 g/mol. The molecule has 3 aromatic rings. The van der Waals surface area contributed by atoms with Gasteiger partial charge < -0.3 is 24.3 Å². The first kappa shape index (κ1) is 29.9. The largest absolute Gasteiger partial charge is 0.459 e. The molecule has 2 aliphatic heterocycles. The van der Waals surface area contributed by atoms with Crippen LogP contribution in [0, 0.1) is 13.5 Å². The maximum atomic E-state index is 12.6. The third-order valence-electron chi connectivity index (χ3n) is 9.55. The molecule has 0 radical (unpaired) electrons. The van der Waals surface area contributed by atoms with Crippen molar-refractivity contribution in [2.45, 2.75) is 64.3 Å². The predicted octanol–water partition coefficient (Wildman–Crippen LogP) is 4.88. The van der Waals surface area contributed by atoms with Crippen LogP contribution in [-0.2, 0) is 17.8 Å². The molecule has 0 N–H and O–H groups in total. The third-order valence-corrected chi connectivity index (χ3v) is 9.55. The SMILES string of the molecule is [C-]#[N+]CC1CN(c2nc(O[C@H](C)CN(C)C3CCC3)nc3c2CCN(c2cccc4cccc(C)c24)C3)CCN1C(=O)C=C. The van der Waals surface area contributed by atoms with E-state index in [4.69, 9.17) is 21.3 Å². The first-order valence-corrected chi connectivity index (χ1v) is 15.9. The van der Waals surface area contributed by atoms with Gasteiger partial charge in [0.1, 0.15) is 18.0 Å². The number of hydrogen-bond acceptors (Lipinski definition) is 7. The Bertz CT molecular complexity index is 1570. The van der Waals surface area contributed by atoms with E-state index in [-0.39, 0.29) is 24.6 Å². The highest BCUT2D eigenvalue weighted by Crippen LogP contribution is 2.36. The smallest absolute Gasteiger partial charge is 0.318 e. The van der Waals surface area contributed by atoms with Crippen LogP contribution in [0.1, 0.15) is 43.0 Å². The number of piperazine rings is 1. The summed E-state index contributed by atoms with van der Waals surface area (Å²) in [6.07, 6.45) is 5.87. The fourth-order valence-corrected chi connectivity index (χ4v) is 6.99. The highest BCUT2D eigenvalue weighted by Gasteiger charge is 2.35. The number of likely N-dealkylation sites (N-methyl/N-ethyl adjacent to an activating group) is 1. The number of benzene rings is 2. The van der Waals surface area contributed by atoms with Crippen molar-refractivity contribution in [2.75, 3.05) is 56.1 Å². The van der Waals surface area contributed by atoms with Gasteiger partial charge in [-0.2, -0.15) is 9.97 Å². The highest BCUT2D eigenvalue weighted by molar-refractivity contribution is 5.97. The number of carbonyl (C=O) groups is 1. The molecule has 1 aromatic heterocycles. The number of nitrogens with zero attached hydrogens (tertiary/aromatic N) is 7. The molecule has 3 aliphatic rings. The number of ether oxygens (including phenoxy) is 1. The Morgan fingerprint density at radius 3 is 2.70 bits per heavy atom. The summed E-state index contributed by atoms with van der Waals surface area (Å²) in [6, 6.07) is 13.8. The van der Waals surface area contributed by atoms with Crippen molar-refractivity contribution in [3.05, 3.63) is 77.3 Å². The minimum Gasteiger partial charge on any atom is -0.459 e. The summed E-state index contributed by atoms with van der Waals surface area (Å²) in [4.78, 5) is 35.1. The molecule has 1 amide bonds. The second kappa shape index (κ2) is 12.8. The number of aryl methyl sites for hydroxylation is 1. The topological polar surface area (TPSA) is 69.4 Å². The first-order valence-electron chi connectivity index (χ1n) is 15.9. The molecular weight excluding hydrogens is 550 g/mol. The van der Waals surface area contributed by atoms with Crippen molar-refractivity contribution in [2.24, 2.45) is 0 Å². The molecule has 1 saturated carbocycles. The molecule has 1 saturated heterocycles. The van der Waals surface area contributed by atoms with Crippen molar-refractivity contribution in [1.82, 2.24) is 19.8 Å². The Morgan fingerprint density at radius 2 is 1.98 bits per heavy atom. The van der Waals surface area contributed by atoms with Crippen LogP contribution in [0.4, 0.5) is 11.5 Å². The lowest BCUT2D eigenvalue weighted by molar-refractivity contribution is -0.128. The summed E-state index contributed by atoms with van der Waals surface area (Å²) in [5.41, 5.74) is 4.60. The second-order valence-corrected chi connectivity index (χ2v) is 12.5. The Balaban J connectivity index is 1.33. The van der Waals surface area contributed by atoms with Gasteiger partial charge in [0.05, 0.1) is 12.2 Å². The minimum atomic E-state index is -0.226. The van der Waals surface area contributed by atoms with Crippen LogP contribution in [0.25, 0.3) is 15.6 Å². The zero-order valence-corrected chi connectivity index (χ0v) is 26.2. The predicted molar refractivity (Wildman–Crippen MR) is 175 cm³/mol. The van der Waals surface area contributed by atoms with Crippen LogP contribution in [0.3, 0.4) is 0 Å². The molecule has 3 heterocycles. The number of fused-ring (bicyclic) bond motifs is 2. The molecule has 0 bridgehead atoms. The molecule has 44 heavy (non-hydrogen) atoms. The zero-order valence-electron chi connectivity index (χ0n) is 26.2. The molecule has 1 unspecified atom stereocenters. The molecule has 9 nitrogen and oxygen atoms in total. The Labute approximate surface area is 260 Å². The van der Waals surface area contributed by atoms with E-state index in [2.05, 4.69) is 83.4 Å². The van der Waals surface area contributed by atoms with Crippen molar-refractivity contribution in [3.63, 3.8) is 0 Å². The fraction of sp³-hybridized carbons (Fsp3) is 0.486. The van der Waals surface area contributed by atoms with E-state index in [1.807, 2.05) is 0 Å². The van der Waals surface area contributed by atoms with E-state index < -0.39 is 0 Å². The van der Waals surface area contributed by atoms with Crippen LogP contribution in [0.15, 0.2) is 49.1 Å². The summed E-state index contributed by atoms with van der Waals surface area (Å²) in [5, 5.41) is 2.52. The van der Waals surface area contributed by atoms with Gasteiger partial charge in [-0.1, -0.05) is 43.3 Å². The molecule has 1 aliphatic carbocycles. The zero-order chi connectivity index (χ0) is 30.8. The van der Waals surface area contributed by atoms with Crippen molar-refractivity contribution >= 4 is 28.2 Å². The molecule has 6 rings (SSSR count).